The van der Waals surface area contributed by atoms with Crippen LogP contribution in [-0.4, -0.2) is 51.9 Å². The molecule has 1 amide bonds. The monoisotopic (exact) mass is 756 g/mol. The molecule has 11 atom stereocenters. The van der Waals surface area contributed by atoms with Gasteiger partial charge in [-0.2, -0.15) is 0 Å². The van der Waals surface area contributed by atoms with Crippen LogP contribution in [0.1, 0.15) is 142 Å². The highest BCUT2D eigenvalue weighted by molar-refractivity contribution is 5.95. The minimum atomic E-state index is -1.10. The van der Waals surface area contributed by atoms with E-state index in [0.717, 1.165) is 12.8 Å². The van der Waals surface area contributed by atoms with Crippen LogP contribution in [-0.2, 0) is 4.79 Å². The summed E-state index contributed by atoms with van der Waals surface area (Å²) < 4.78 is 5.93. The first-order valence-corrected chi connectivity index (χ1v) is 21.5. The molecule has 5 N–H and O–H groups in total. The summed E-state index contributed by atoms with van der Waals surface area (Å²) in [7, 11) is 0. The summed E-state index contributed by atoms with van der Waals surface area (Å²) in [6, 6.07) is 3.17. The van der Waals surface area contributed by atoms with Crippen molar-refractivity contribution in [2.24, 2.45) is 62.4 Å². The molecule has 0 saturated heterocycles. The van der Waals surface area contributed by atoms with E-state index < -0.39 is 17.3 Å². The highest BCUT2D eigenvalue weighted by Gasteiger charge is 2.70. The zero-order chi connectivity index (χ0) is 39.8. The number of carboxylic acids is 1. The number of fused-ring (bicyclic) bond motifs is 7. The normalized spacial score (nSPS) is 41.0. The van der Waals surface area contributed by atoms with Crippen molar-refractivity contribution in [3.8, 4) is 5.88 Å². The van der Waals surface area contributed by atoms with Gasteiger partial charge in [-0.1, -0.05) is 65.8 Å². The Hall–Kier alpha value is -2.97. The van der Waals surface area contributed by atoms with E-state index in [0.29, 0.717) is 55.4 Å². The van der Waals surface area contributed by atoms with Gasteiger partial charge in [0, 0.05) is 18.3 Å². The van der Waals surface area contributed by atoms with Crippen LogP contribution in [0.5, 0.6) is 5.88 Å². The summed E-state index contributed by atoms with van der Waals surface area (Å²) >= 11 is 0. The second kappa shape index (κ2) is 14.1. The van der Waals surface area contributed by atoms with Crippen LogP contribution in [0.25, 0.3) is 0 Å². The Morgan fingerprint density at radius 3 is 2.42 bits per heavy atom. The summed E-state index contributed by atoms with van der Waals surface area (Å²) in [4.78, 5) is 28.9. The SMILES string of the molecule is C=C(C)[C@@H]1CC[C@]2(NC[C@@H](O)CC)CC[C@]3(C)[C@H](CC[C@@H]4[C@@]5(C)CC=C(C6=CC[C@](COc7ncccc7C(N)=O)(C(=O)O)CC6)C(C)(C)[C@@H]5CC[C@]43C)[C@@H]12. The molecule has 7 rings (SSSR count). The molecular formula is C47H69N3O5. The van der Waals surface area contributed by atoms with Crippen molar-refractivity contribution < 1.29 is 24.5 Å². The highest BCUT2D eigenvalue weighted by Crippen LogP contribution is 2.76. The molecule has 55 heavy (non-hydrogen) atoms. The molecule has 6 aliphatic carbocycles. The van der Waals surface area contributed by atoms with Crippen molar-refractivity contribution in [3.05, 3.63) is 59.3 Å². The first-order valence-electron chi connectivity index (χ1n) is 21.5. The smallest absolute Gasteiger partial charge is 0.313 e. The Balaban J connectivity index is 1.13. The number of nitrogens with two attached hydrogens (primary N) is 1. The minimum absolute atomic E-state index is 0.0375. The van der Waals surface area contributed by atoms with Crippen LogP contribution in [0, 0.1) is 56.7 Å². The Morgan fingerprint density at radius 1 is 1.00 bits per heavy atom. The number of aliphatic carboxylic acids is 1. The topological polar surface area (TPSA) is 135 Å². The molecule has 1 aromatic rings. The van der Waals surface area contributed by atoms with Gasteiger partial charge in [0.05, 0.1) is 6.10 Å². The van der Waals surface area contributed by atoms with Crippen LogP contribution >= 0.6 is 0 Å². The maximum Gasteiger partial charge on any atom is 0.313 e. The number of carbonyl (C=O) groups is 2. The lowest BCUT2D eigenvalue weighted by atomic mass is 9.33. The lowest BCUT2D eigenvalue weighted by molar-refractivity contribution is -0.221. The number of carbonyl (C=O) groups excluding carboxylic acids is 1. The third-order valence-electron chi connectivity index (χ3n) is 17.7. The predicted octanol–water partition coefficient (Wildman–Crippen LogP) is 9.05. The van der Waals surface area contributed by atoms with Crippen molar-refractivity contribution in [1.29, 1.82) is 0 Å². The fourth-order valence-corrected chi connectivity index (χ4v) is 14.5. The molecule has 4 fully saturated rings. The number of aromatic nitrogens is 1. The molecule has 302 valence electrons. The van der Waals surface area contributed by atoms with Crippen molar-refractivity contribution >= 4 is 11.9 Å². The lowest BCUT2D eigenvalue weighted by Gasteiger charge is -2.72. The number of nitrogens with zero attached hydrogens (tertiary/aromatic N) is 1. The van der Waals surface area contributed by atoms with Gasteiger partial charge in [0.2, 0.25) is 5.88 Å². The van der Waals surface area contributed by atoms with Crippen LogP contribution < -0.4 is 15.8 Å². The van der Waals surface area contributed by atoms with Crippen molar-refractivity contribution in [1.82, 2.24) is 10.3 Å². The Morgan fingerprint density at radius 2 is 1.76 bits per heavy atom. The van der Waals surface area contributed by atoms with Crippen LogP contribution in [0.15, 0.2) is 53.8 Å². The second-order valence-electron chi connectivity index (χ2n) is 20.4. The minimum Gasteiger partial charge on any atom is -0.481 e. The summed E-state index contributed by atoms with van der Waals surface area (Å²) in [6.07, 6.45) is 19.2. The van der Waals surface area contributed by atoms with E-state index >= 15 is 0 Å². The standard InChI is InChI=1S/C47H69N3O5/c1-9-31(51)27-50-47-23-16-32(29(2)3)38(47)35-12-13-37-43(6)19-17-34(42(4,5)36(43)18-20-45(37,8)44(35,7)24-25-47)30-14-21-46(22-15-30,41(53)54)28-55-40-33(39(48)52)11-10-26-49-40/h10-11,14,17,26,31-32,35-38,50-51H,2,9,12-13,15-16,18-25,27-28H2,1,3-8H3,(H2,48,52)(H,53,54)/t31-,32-,35+,36-,37+,38+,43-,44+,45+,46-,47-/m0/s1. The van der Waals surface area contributed by atoms with E-state index in [1.807, 2.05) is 0 Å². The number of primary amides is 1. The van der Waals surface area contributed by atoms with Crippen LogP contribution in [0.3, 0.4) is 0 Å². The highest BCUT2D eigenvalue weighted by atomic mass is 16.5. The number of β-amino-alcohol motifs (C(OH)–C–C–N with tert-alkyl or cyclic N) is 1. The summed E-state index contributed by atoms with van der Waals surface area (Å²) in [5.74, 6) is 1.49. The molecule has 4 saturated carbocycles. The van der Waals surface area contributed by atoms with Crippen LogP contribution in [0.4, 0.5) is 0 Å². The number of hydrogen-bond donors (Lipinski definition) is 4. The fourth-order valence-electron chi connectivity index (χ4n) is 14.5. The zero-order valence-corrected chi connectivity index (χ0v) is 34.8. The summed E-state index contributed by atoms with van der Waals surface area (Å²) in [5, 5.41) is 25.2. The first-order chi connectivity index (χ1) is 25.9. The second-order valence-corrected chi connectivity index (χ2v) is 20.4. The van der Waals surface area contributed by atoms with Gasteiger partial charge in [0.25, 0.3) is 5.91 Å². The van der Waals surface area contributed by atoms with Gasteiger partial charge < -0.3 is 26.0 Å². The van der Waals surface area contributed by atoms with E-state index in [1.54, 1.807) is 12.1 Å². The molecule has 8 heteroatoms. The molecule has 0 bridgehead atoms. The molecule has 1 aromatic heterocycles. The van der Waals surface area contributed by atoms with Crippen LogP contribution in [0.2, 0.25) is 0 Å². The van der Waals surface area contributed by atoms with Gasteiger partial charge in [0.15, 0.2) is 0 Å². The predicted molar refractivity (Wildman–Crippen MR) is 217 cm³/mol. The van der Waals surface area contributed by atoms with E-state index in [4.69, 9.17) is 10.5 Å². The van der Waals surface area contributed by atoms with Gasteiger partial charge in [-0.05, 0) is 165 Å². The molecular weight excluding hydrogens is 687 g/mol. The molecule has 8 nitrogen and oxygen atoms in total. The maximum absolute atomic E-state index is 12.8. The molecule has 6 aliphatic rings. The third kappa shape index (κ3) is 6.17. The first kappa shape index (κ1) is 40.2. The van der Waals surface area contributed by atoms with Crippen molar-refractivity contribution in [2.75, 3.05) is 13.2 Å². The average Bonchev–Trinajstić information content (AvgIpc) is 3.54. The number of hydrogen-bond acceptors (Lipinski definition) is 6. The van der Waals surface area contributed by atoms with Gasteiger partial charge in [0.1, 0.15) is 17.6 Å². The summed E-state index contributed by atoms with van der Waals surface area (Å²) in [5.41, 5.74) is 9.38. The quantitative estimate of drug-likeness (QED) is 0.166. The van der Waals surface area contributed by atoms with Crippen molar-refractivity contribution in [2.45, 2.75) is 144 Å². The number of rotatable bonds is 11. The Bertz CT molecular complexity index is 1770. The van der Waals surface area contributed by atoms with E-state index in [9.17, 15) is 19.8 Å². The maximum atomic E-state index is 12.8. The molecule has 0 radical (unpaired) electrons. The third-order valence-corrected chi connectivity index (χ3v) is 17.7. The molecule has 0 spiro atoms. The van der Waals surface area contributed by atoms with E-state index in [2.05, 4.69) is 77.5 Å². The van der Waals surface area contributed by atoms with Crippen molar-refractivity contribution in [3.63, 3.8) is 0 Å². The number of aliphatic hydroxyl groups is 1. The number of carboxylic acid groups (broad SMARTS) is 1. The van der Waals surface area contributed by atoms with Gasteiger partial charge in [-0.15, -0.1) is 0 Å². The number of allylic oxidation sites excluding steroid dienone is 5. The number of amides is 1. The van der Waals surface area contributed by atoms with Gasteiger partial charge >= 0.3 is 5.97 Å². The zero-order valence-electron chi connectivity index (χ0n) is 34.8. The van der Waals surface area contributed by atoms with E-state index in [-0.39, 0.29) is 51.4 Å². The number of pyridine rings is 1. The number of ether oxygens (including phenoxy) is 1. The number of nitrogens with one attached hydrogen (secondary N) is 1. The molecule has 0 unspecified atom stereocenters. The average molecular weight is 756 g/mol. The Kier molecular flexibility index (Phi) is 10.3. The largest absolute Gasteiger partial charge is 0.481 e. The Labute approximate surface area is 330 Å². The van der Waals surface area contributed by atoms with Gasteiger partial charge in [-0.25, -0.2) is 4.98 Å². The molecule has 1 heterocycles. The lowest BCUT2D eigenvalue weighted by Crippen LogP contribution is -2.68. The van der Waals surface area contributed by atoms with Gasteiger partial charge in [-0.3, -0.25) is 9.59 Å². The number of aliphatic hydroxyl groups excluding tert-OH is 1. The summed E-state index contributed by atoms with van der Waals surface area (Å²) in [6.45, 7) is 22.5. The fraction of sp³-hybridized carbons (Fsp3) is 0.723. The molecule has 0 aliphatic heterocycles. The molecule has 0 aromatic carbocycles. The van der Waals surface area contributed by atoms with E-state index in [1.165, 1.54) is 74.3 Å².